The van der Waals surface area contributed by atoms with Crippen LogP contribution in [0.1, 0.15) is 28.2 Å². The summed E-state index contributed by atoms with van der Waals surface area (Å²) in [5.74, 6) is 0.431. The Hall–Kier alpha value is -3.46. The second-order valence-electron chi connectivity index (χ2n) is 8.58. The van der Waals surface area contributed by atoms with Crippen LogP contribution < -0.4 is 9.80 Å². The number of aryl methyl sites for hydroxylation is 1. The molecule has 31 heavy (non-hydrogen) atoms. The van der Waals surface area contributed by atoms with Gasteiger partial charge in [-0.15, -0.1) is 0 Å². The van der Waals surface area contributed by atoms with Crippen molar-refractivity contribution in [2.75, 3.05) is 38.0 Å². The molecule has 0 aliphatic carbocycles. The molecule has 3 nitrogen and oxygen atoms in total. The van der Waals surface area contributed by atoms with Crippen molar-refractivity contribution in [1.29, 1.82) is 0 Å². The van der Waals surface area contributed by atoms with E-state index in [0.717, 1.165) is 16.3 Å². The molecule has 0 saturated carbocycles. The van der Waals surface area contributed by atoms with Gasteiger partial charge in [0.05, 0.1) is 0 Å². The molecule has 0 atom stereocenters. The van der Waals surface area contributed by atoms with Crippen molar-refractivity contribution in [2.45, 2.75) is 12.8 Å². The standard InChI is InChI=1S/C28H30N2O/c1-19-18-26(24-8-6-7-9-25(24)28(19)31)27(20-10-14-22(15-11-20)29(2)3)21-12-16-23(17-13-21)30(4)5/h6-18,27,31H,1-5H3. The minimum Gasteiger partial charge on any atom is -0.507 e. The molecule has 1 N–H and O–H groups in total. The molecule has 0 fully saturated rings. The summed E-state index contributed by atoms with van der Waals surface area (Å²) in [7, 11) is 8.24. The minimum atomic E-state index is 0.0663. The van der Waals surface area contributed by atoms with Crippen molar-refractivity contribution in [1.82, 2.24) is 0 Å². The molecule has 0 aliphatic heterocycles. The van der Waals surface area contributed by atoms with E-state index in [-0.39, 0.29) is 5.92 Å². The fourth-order valence-corrected chi connectivity index (χ4v) is 4.25. The van der Waals surface area contributed by atoms with Crippen molar-refractivity contribution in [3.8, 4) is 5.75 Å². The normalized spacial score (nSPS) is 11.2. The molecule has 158 valence electrons. The summed E-state index contributed by atoms with van der Waals surface area (Å²) in [6.07, 6.45) is 0. The molecule has 4 aromatic rings. The van der Waals surface area contributed by atoms with Gasteiger partial charge in [0.25, 0.3) is 0 Å². The Labute approximate surface area is 185 Å². The number of phenolic OH excluding ortho intramolecular Hbond substituents is 1. The Morgan fingerprint density at radius 3 is 1.55 bits per heavy atom. The number of hydrogen-bond acceptors (Lipinski definition) is 3. The van der Waals surface area contributed by atoms with Crippen LogP contribution in [0.15, 0.2) is 78.9 Å². The zero-order valence-corrected chi connectivity index (χ0v) is 18.9. The van der Waals surface area contributed by atoms with Gasteiger partial charge >= 0.3 is 0 Å². The summed E-state index contributed by atoms with van der Waals surface area (Å²) >= 11 is 0. The number of aromatic hydroxyl groups is 1. The first-order valence-corrected chi connectivity index (χ1v) is 10.6. The first kappa shape index (κ1) is 20.8. The average molecular weight is 411 g/mol. The van der Waals surface area contributed by atoms with Crippen LogP contribution in [0, 0.1) is 6.92 Å². The third kappa shape index (κ3) is 3.96. The summed E-state index contributed by atoms with van der Waals surface area (Å²) in [4.78, 5) is 4.23. The van der Waals surface area contributed by atoms with Crippen LogP contribution in [0.3, 0.4) is 0 Å². The highest BCUT2D eigenvalue weighted by Gasteiger charge is 2.21. The largest absolute Gasteiger partial charge is 0.507 e. The molecule has 0 heterocycles. The molecule has 3 heteroatoms. The Bertz CT molecular complexity index is 1140. The summed E-state index contributed by atoms with van der Waals surface area (Å²) in [6.45, 7) is 1.98. The van der Waals surface area contributed by atoms with Gasteiger partial charge in [-0.1, -0.05) is 54.6 Å². The molecule has 0 saturated heterocycles. The van der Waals surface area contributed by atoms with Crippen LogP contribution in [0.5, 0.6) is 5.75 Å². The Morgan fingerprint density at radius 1 is 0.645 bits per heavy atom. The van der Waals surface area contributed by atoms with Crippen molar-refractivity contribution in [3.63, 3.8) is 0 Å². The maximum absolute atomic E-state index is 10.7. The van der Waals surface area contributed by atoms with E-state index in [1.165, 1.54) is 28.1 Å². The minimum absolute atomic E-state index is 0.0663. The van der Waals surface area contributed by atoms with Crippen LogP contribution in [0.25, 0.3) is 10.8 Å². The van der Waals surface area contributed by atoms with Gasteiger partial charge < -0.3 is 14.9 Å². The number of hydrogen-bond donors (Lipinski definition) is 1. The molecule has 0 amide bonds. The van der Waals surface area contributed by atoms with Gasteiger partial charge in [-0.05, 0) is 58.8 Å². The number of benzene rings is 4. The molecule has 4 rings (SSSR count). The third-order valence-electron chi connectivity index (χ3n) is 6.04. The second-order valence-corrected chi connectivity index (χ2v) is 8.58. The van der Waals surface area contributed by atoms with E-state index >= 15 is 0 Å². The molecular weight excluding hydrogens is 380 g/mol. The highest BCUT2D eigenvalue weighted by Crippen LogP contribution is 2.41. The molecular formula is C28H30N2O. The lowest BCUT2D eigenvalue weighted by Crippen LogP contribution is -2.10. The van der Waals surface area contributed by atoms with E-state index in [9.17, 15) is 5.11 Å². The topological polar surface area (TPSA) is 26.7 Å². The third-order valence-corrected chi connectivity index (χ3v) is 6.04. The molecule has 4 aromatic carbocycles. The number of rotatable bonds is 5. The van der Waals surface area contributed by atoms with E-state index in [0.29, 0.717) is 5.75 Å². The Balaban J connectivity index is 1.95. The van der Waals surface area contributed by atoms with Crippen molar-refractivity contribution in [2.24, 2.45) is 0 Å². The molecule has 0 aromatic heterocycles. The predicted octanol–water partition coefficient (Wildman–Crippen LogP) is 6.17. The first-order valence-electron chi connectivity index (χ1n) is 10.6. The van der Waals surface area contributed by atoms with Crippen molar-refractivity contribution < 1.29 is 5.11 Å². The van der Waals surface area contributed by atoms with Gasteiger partial charge in [-0.2, -0.15) is 0 Å². The van der Waals surface area contributed by atoms with E-state index in [2.05, 4.69) is 98.7 Å². The molecule has 0 unspecified atom stereocenters. The molecule has 0 bridgehead atoms. The van der Waals surface area contributed by atoms with E-state index < -0.39 is 0 Å². The molecule has 0 spiro atoms. The van der Waals surface area contributed by atoms with Crippen LogP contribution >= 0.6 is 0 Å². The number of fused-ring (bicyclic) bond motifs is 1. The summed E-state index contributed by atoms with van der Waals surface area (Å²) in [5, 5.41) is 12.7. The molecule has 0 radical (unpaired) electrons. The lowest BCUT2D eigenvalue weighted by atomic mass is 9.81. The predicted molar refractivity (Wildman–Crippen MR) is 133 cm³/mol. The fourth-order valence-electron chi connectivity index (χ4n) is 4.25. The smallest absolute Gasteiger partial charge is 0.126 e. The monoisotopic (exact) mass is 410 g/mol. The van der Waals surface area contributed by atoms with Crippen LogP contribution in [0.2, 0.25) is 0 Å². The van der Waals surface area contributed by atoms with Gasteiger partial charge in [-0.25, -0.2) is 0 Å². The highest BCUT2D eigenvalue weighted by atomic mass is 16.3. The maximum atomic E-state index is 10.7. The number of anilines is 2. The maximum Gasteiger partial charge on any atom is 0.126 e. The van der Waals surface area contributed by atoms with Crippen LogP contribution in [0.4, 0.5) is 11.4 Å². The van der Waals surface area contributed by atoms with E-state index in [4.69, 9.17) is 0 Å². The van der Waals surface area contributed by atoms with Gasteiger partial charge in [0, 0.05) is 50.9 Å². The van der Waals surface area contributed by atoms with Gasteiger partial charge in [0.15, 0.2) is 0 Å². The zero-order chi connectivity index (χ0) is 22.1. The SMILES string of the molecule is Cc1cc(C(c2ccc(N(C)C)cc2)c2ccc(N(C)C)cc2)c2ccccc2c1O. The lowest BCUT2D eigenvalue weighted by Gasteiger charge is -2.24. The highest BCUT2D eigenvalue weighted by molar-refractivity contribution is 5.93. The summed E-state index contributed by atoms with van der Waals surface area (Å²) in [6, 6.07) is 27.8. The number of nitrogens with zero attached hydrogens (tertiary/aromatic N) is 2. The van der Waals surface area contributed by atoms with E-state index in [1.54, 1.807) is 0 Å². The molecule has 0 aliphatic rings. The summed E-state index contributed by atoms with van der Waals surface area (Å²) < 4.78 is 0. The van der Waals surface area contributed by atoms with Gasteiger partial charge in [0.1, 0.15) is 5.75 Å². The quantitative estimate of drug-likeness (QED) is 0.399. The Kier molecular flexibility index (Phi) is 5.60. The van der Waals surface area contributed by atoms with Gasteiger partial charge in [-0.3, -0.25) is 0 Å². The number of phenols is 1. The Morgan fingerprint density at radius 2 is 1.10 bits per heavy atom. The van der Waals surface area contributed by atoms with Crippen molar-refractivity contribution in [3.05, 3.63) is 101 Å². The van der Waals surface area contributed by atoms with Gasteiger partial charge in [0.2, 0.25) is 0 Å². The summed E-state index contributed by atoms with van der Waals surface area (Å²) in [5.41, 5.74) is 6.93. The van der Waals surface area contributed by atoms with Crippen LogP contribution in [-0.4, -0.2) is 33.3 Å². The van der Waals surface area contributed by atoms with E-state index in [1.807, 2.05) is 25.1 Å². The average Bonchev–Trinajstić information content (AvgIpc) is 2.78. The van der Waals surface area contributed by atoms with Crippen LogP contribution in [-0.2, 0) is 0 Å². The second kappa shape index (κ2) is 8.35. The zero-order valence-electron chi connectivity index (χ0n) is 18.9. The fraction of sp³-hybridized carbons (Fsp3) is 0.214. The first-order chi connectivity index (χ1) is 14.9. The van der Waals surface area contributed by atoms with Crippen molar-refractivity contribution >= 4 is 22.1 Å². The lowest BCUT2D eigenvalue weighted by molar-refractivity contribution is 0.477.